The average molecular weight is 320 g/mol. The van der Waals surface area contributed by atoms with Gasteiger partial charge in [-0.05, 0) is 62.7 Å². The molecule has 22 heavy (non-hydrogen) atoms. The summed E-state index contributed by atoms with van der Waals surface area (Å²) in [5.74, 6) is 1.89. The average Bonchev–Trinajstić information content (AvgIpc) is 3.26. The molecule has 0 bridgehead atoms. The second-order valence-corrected chi connectivity index (χ2v) is 11.0. The molecule has 0 unspecified atom stereocenters. The van der Waals surface area contributed by atoms with Crippen LogP contribution in [0.5, 0.6) is 5.75 Å². The Morgan fingerprint density at radius 1 is 1.41 bits per heavy atom. The van der Waals surface area contributed by atoms with Gasteiger partial charge in [0.15, 0.2) is 19.1 Å². The van der Waals surface area contributed by atoms with Crippen LogP contribution in [0.25, 0.3) is 0 Å². The van der Waals surface area contributed by atoms with Crippen LogP contribution in [0.15, 0.2) is 35.7 Å². The normalized spacial score (nSPS) is 15.1. The lowest BCUT2D eigenvalue weighted by atomic mass is 10.1. The zero-order valence-corrected chi connectivity index (χ0v) is 14.7. The first kappa shape index (κ1) is 16.8. The molecule has 1 aliphatic rings. The van der Waals surface area contributed by atoms with Crippen molar-refractivity contribution in [1.29, 1.82) is 0 Å². The van der Waals surface area contributed by atoms with E-state index >= 15 is 0 Å². The van der Waals surface area contributed by atoms with Crippen molar-refractivity contribution in [2.75, 3.05) is 13.2 Å². The minimum atomic E-state index is -1.68. The molecule has 0 heterocycles. The Hall–Kier alpha value is -1.59. The lowest BCUT2D eigenvalue weighted by Gasteiger charge is -2.18. The van der Waals surface area contributed by atoms with Gasteiger partial charge < -0.3 is 14.3 Å². The van der Waals surface area contributed by atoms with Gasteiger partial charge in [0.05, 0.1) is 0 Å². The van der Waals surface area contributed by atoms with Crippen LogP contribution in [-0.4, -0.2) is 32.9 Å². The summed E-state index contributed by atoms with van der Waals surface area (Å²) in [6.45, 7) is 10.8. The molecular weight excluding hydrogens is 294 g/mol. The molecule has 1 fully saturated rings. The third kappa shape index (κ3) is 5.31. The molecule has 0 aliphatic heterocycles. The Kier molecular flexibility index (Phi) is 5.42. The van der Waals surface area contributed by atoms with E-state index in [0.717, 1.165) is 11.3 Å². The largest absolute Gasteiger partial charge is 0.532 e. The first-order valence-corrected chi connectivity index (χ1v) is 11.1. The Morgan fingerprint density at radius 2 is 2.14 bits per heavy atom. The van der Waals surface area contributed by atoms with Crippen LogP contribution >= 0.6 is 0 Å². The van der Waals surface area contributed by atoms with Gasteiger partial charge in [-0.2, -0.15) is 0 Å². The molecule has 0 radical (unpaired) electrons. The second-order valence-electron chi connectivity index (χ2n) is 6.54. The lowest BCUT2D eigenvalue weighted by molar-refractivity contribution is 0.201. The number of benzene rings is 1. The molecule has 2 N–H and O–H groups in total. The van der Waals surface area contributed by atoms with E-state index < -0.39 is 8.32 Å². The highest BCUT2D eigenvalue weighted by Crippen LogP contribution is 2.41. The van der Waals surface area contributed by atoms with Gasteiger partial charge in [0, 0.05) is 11.8 Å². The van der Waals surface area contributed by atoms with E-state index in [0.29, 0.717) is 18.4 Å². The van der Waals surface area contributed by atoms with Crippen LogP contribution in [0.4, 0.5) is 0 Å². The summed E-state index contributed by atoms with van der Waals surface area (Å²) in [7, 11) is -1.68. The summed E-state index contributed by atoms with van der Waals surface area (Å²) >= 11 is 0. The van der Waals surface area contributed by atoms with Crippen LogP contribution in [0.1, 0.15) is 29.9 Å². The van der Waals surface area contributed by atoms with Crippen molar-refractivity contribution in [3.8, 4) is 5.75 Å². The molecule has 1 aromatic carbocycles. The molecule has 0 saturated heterocycles. The molecule has 5 heteroatoms. The smallest absolute Gasteiger partial charge is 0.244 e. The second kappa shape index (κ2) is 7.11. The molecule has 2 rings (SSSR count). The molecule has 4 nitrogen and oxygen atoms in total. The maximum Gasteiger partial charge on any atom is 0.244 e. The van der Waals surface area contributed by atoms with E-state index in [-0.39, 0.29) is 6.61 Å². The fourth-order valence-corrected chi connectivity index (χ4v) is 2.91. The van der Waals surface area contributed by atoms with Crippen LogP contribution < -0.4 is 4.74 Å². The van der Waals surface area contributed by atoms with E-state index in [1.54, 1.807) is 6.21 Å². The van der Waals surface area contributed by atoms with E-state index in [9.17, 15) is 0 Å². The van der Waals surface area contributed by atoms with E-state index in [1.165, 1.54) is 18.4 Å². The molecule has 0 aromatic heterocycles. The maximum absolute atomic E-state index is 7.22. The number of aliphatic imine (C=N–C) groups is 1. The first-order valence-electron chi connectivity index (χ1n) is 7.72. The van der Waals surface area contributed by atoms with Crippen molar-refractivity contribution in [3.63, 3.8) is 0 Å². The Morgan fingerprint density at radius 3 is 2.73 bits per heavy atom. The number of nitrogens with zero attached hydrogens (tertiary/aromatic N) is 1. The van der Waals surface area contributed by atoms with Crippen molar-refractivity contribution < 1.29 is 14.3 Å². The highest BCUT2D eigenvalue weighted by molar-refractivity contribution is 6.70. The Balaban J connectivity index is 2.15. The van der Waals surface area contributed by atoms with Gasteiger partial charge in [-0.1, -0.05) is 6.07 Å². The monoisotopic (exact) mass is 320 g/mol. The van der Waals surface area contributed by atoms with Gasteiger partial charge in [0.1, 0.15) is 5.75 Å². The van der Waals surface area contributed by atoms with E-state index in [4.69, 9.17) is 14.3 Å². The quantitative estimate of drug-likeness (QED) is 0.319. The summed E-state index contributed by atoms with van der Waals surface area (Å²) in [6.07, 6.45) is 4.28. The van der Waals surface area contributed by atoms with Crippen LogP contribution in [0.3, 0.4) is 0 Å². The molecule has 1 saturated carbocycles. The van der Waals surface area contributed by atoms with Crippen molar-refractivity contribution in [1.82, 2.24) is 0 Å². The maximum atomic E-state index is 7.22. The Labute approximate surface area is 133 Å². The number of rotatable bonds is 8. The van der Waals surface area contributed by atoms with Gasteiger partial charge in [-0.15, -0.1) is 0 Å². The summed E-state index contributed by atoms with van der Waals surface area (Å²) in [4.78, 5) is 4.34. The topological polar surface area (TPSA) is 53.7 Å². The summed E-state index contributed by atoms with van der Waals surface area (Å²) in [6, 6.07) is 6.22. The molecule has 1 aromatic rings. The summed E-state index contributed by atoms with van der Waals surface area (Å²) in [5, 5.41) is 7.22. The van der Waals surface area contributed by atoms with Gasteiger partial charge in [0.25, 0.3) is 0 Å². The first-order chi connectivity index (χ1) is 10.4. The fourth-order valence-electron chi connectivity index (χ4n) is 2.15. The van der Waals surface area contributed by atoms with Gasteiger partial charge in [-0.3, -0.25) is 0 Å². The third-order valence-electron chi connectivity index (χ3n) is 3.21. The van der Waals surface area contributed by atoms with Crippen molar-refractivity contribution in [2.24, 2.45) is 4.99 Å². The Bertz CT molecular complexity index is 560. The standard InChI is InChI=1S/C17H25NO3Si/c1-13(21-22(2,3)4)18-12-16-11-15(14-5-6-14)7-8-17(16)20-10-9-19/h7-8,11-12,14,19H,1,5-6,9-10H2,2-4H3/p+1/b18-12+. The van der Waals surface area contributed by atoms with Crippen LogP contribution in [0.2, 0.25) is 19.6 Å². The van der Waals surface area contributed by atoms with Crippen molar-refractivity contribution >= 4 is 14.5 Å². The van der Waals surface area contributed by atoms with Gasteiger partial charge >= 0.3 is 0 Å². The fraction of sp³-hybridized carbons (Fsp3) is 0.471. The van der Waals surface area contributed by atoms with Crippen molar-refractivity contribution in [3.05, 3.63) is 41.8 Å². The zero-order chi connectivity index (χ0) is 16.2. The highest BCUT2D eigenvalue weighted by atomic mass is 28.4. The number of hydrogen-bond acceptors (Lipinski definition) is 3. The minimum Gasteiger partial charge on any atom is -0.532 e. The van der Waals surface area contributed by atoms with Crippen LogP contribution in [0, 0.1) is 0 Å². The number of hydrogen-bond donors (Lipinski definition) is 0. The lowest BCUT2D eigenvalue weighted by Crippen LogP contribution is -2.24. The SMILES string of the molecule is C=C(/N=C/c1cc(C2CC2)ccc1OCC[OH2+])O[Si](C)(C)C. The van der Waals surface area contributed by atoms with Crippen molar-refractivity contribution in [2.45, 2.75) is 38.4 Å². The molecular formula is C17H26NO3Si+. The van der Waals surface area contributed by atoms with Gasteiger partial charge in [0.2, 0.25) is 8.32 Å². The zero-order valence-electron chi connectivity index (χ0n) is 13.7. The third-order valence-corrected chi connectivity index (χ3v) is 4.06. The molecule has 120 valence electrons. The minimum absolute atomic E-state index is 0.242. The molecule has 0 spiro atoms. The van der Waals surface area contributed by atoms with Crippen LogP contribution in [-0.2, 0) is 4.43 Å². The van der Waals surface area contributed by atoms with E-state index in [1.807, 2.05) is 6.07 Å². The molecule has 0 atom stereocenters. The highest BCUT2D eigenvalue weighted by Gasteiger charge is 2.24. The molecule has 0 amide bonds. The predicted molar refractivity (Wildman–Crippen MR) is 93.6 cm³/mol. The molecule has 1 aliphatic carbocycles. The summed E-state index contributed by atoms with van der Waals surface area (Å²) < 4.78 is 11.4. The van der Waals surface area contributed by atoms with Gasteiger partial charge in [-0.25, -0.2) is 4.99 Å². The van der Waals surface area contributed by atoms with E-state index in [2.05, 4.69) is 43.3 Å². The predicted octanol–water partition coefficient (Wildman–Crippen LogP) is 3.41. The number of ether oxygens (including phenoxy) is 1. The summed E-state index contributed by atoms with van der Waals surface area (Å²) in [5.41, 5.74) is 2.26.